The highest BCUT2D eigenvalue weighted by Crippen LogP contribution is 2.17. The van der Waals surface area contributed by atoms with Crippen LogP contribution in [0.1, 0.15) is 24.2 Å². The number of anilines is 1. The first-order valence-corrected chi connectivity index (χ1v) is 6.55. The molecule has 0 aliphatic carbocycles. The largest absolute Gasteiger partial charge is 0.478 e. The number of aromatic carboxylic acids is 1. The summed E-state index contributed by atoms with van der Waals surface area (Å²) in [7, 11) is 0. The number of hydrogen-bond acceptors (Lipinski definition) is 3. The van der Waals surface area contributed by atoms with Gasteiger partial charge in [-0.2, -0.15) is 0 Å². The zero-order chi connectivity index (χ0) is 15.8. The lowest BCUT2D eigenvalue weighted by Gasteiger charge is -2.11. The molecule has 1 aromatic rings. The number of carboxylic acids is 1. The molecule has 1 aromatic carbocycles. The number of nitrogens with one attached hydrogen (secondary N) is 2. The van der Waals surface area contributed by atoms with E-state index >= 15 is 0 Å². The van der Waals surface area contributed by atoms with Gasteiger partial charge < -0.3 is 20.5 Å². The van der Waals surface area contributed by atoms with Crippen LogP contribution in [0.15, 0.2) is 18.2 Å². The molecule has 0 bridgehead atoms. The SMILES string of the molecule is CC(C)COCCNC(=O)Nc1cc(F)ccc1C(=O)O. The maximum absolute atomic E-state index is 13.1. The fourth-order valence-electron chi connectivity index (χ4n) is 1.53. The van der Waals surface area contributed by atoms with E-state index in [0.29, 0.717) is 19.1 Å². The topological polar surface area (TPSA) is 87.7 Å². The molecule has 0 fully saturated rings. The maximum atomic E-state index is 13.1. The van der Waals surface area contributed by atoms with Gasteiger partial charge in [0.15, 0.2) is 0 Å². The molecule has 0 aliphatic heterocycles. The van der Waals surface area contributed by atoms with Crippen LogP contribution >= 0.6 is 0 Å². The highest BCUT2D eigenvalue weighted by atomic mass is 19.1. The summed E-state index contributed by atoms with van der Waals surface area (Å²) in [5.74, 6) is -1.47. The van der Waals surface area contributed by atoms with Gasteiger partial charge in [-0.1, -0.05) is 13.8 Å². The van der Waals surface area contributed by atoms with Gasteiger partial charge in [0, 0.05) is 13.2 Å². The Hall–Kier alpha value is -2.15. The molecule has 0 heterocycles. The molecule has 2 amide bonds. The van der Waals surface area contributed by atoms with Gasteiger partial charge in [-0.05, 0) is 24.1 Å². The van der Waals surface area contributed by atoms with Crippen molar-refractivity contribution in [3.63, 3.8) is 0 Å². The summed E-state index contributed by atoms with van der Waals surface area (Å²) in [4.78, 5) is 22.6. The van der Waals surface area contributed by atoms with Crippen LogP contribution in [-0.4, -0.2) is 36.9 Å². The fourth-order valence-corrected chi connectivity index (χ4v) is 1.53. The summed E-state index contributed by atoms with van der Waals surface area (Å²) < 4.78 is 18.4. The van der Waals surface area contributed by atoms with Crippen LogP contribution in [0.25, 0.3) is 0 Å². The standard InChI is InChI=1S/C14H19FN2O4/c1-9(2)8-21-6-5-16-14(20)17-12-7-10(15)3-4-11(12)13(18)19/h3-4,7,9H,5-6,8H2,1-2H3,(H,18,19)(H2,16,17,20). The molecule has 0 radical (unpaired) electrons. The van der Waals surface area contributed by atoms with E-state index in [0.717, 1.165) is 18.2 Å². The Labute approximate surface area is 122 Å². The van der Waals surface area contributed by atoms with Crippen molar-refractivity contribution >= 4 is 17.7 Å². The summed E-state index contributed by atoms with van der Waals surface area (Å²) in [5.41, 5.74) is -0.272. The quantitative estimate of drug-likeness (QED) is 0.674. The molecule has 1 rings (SSSR count). The van der Waals surface area contributed by atoms with Crippen LogP contribution in [0.5, 0.6) is 0 Å². The van der Waals surface area contributed by atoms with Crippen LogP contribution in [-0.2, 0) is 4.74 Å². The van der Waals surface area contributed by atoms with E-state index in [-0.39, 0.29) is 17.8 Å². The van der Waals surface area contributed by atoms with Crippen molar-refractivity contribution in [2.45, 2.75) is 13.8 Å². The number of ether oxygens (including phenoxy) is 1. The van der Waals surface area contributed by atoms with Gasteiger partial charge in [-0.3, -0.25) is 0 Å². The molecule has 0 saturated carbocycles. The van der Waals surface area contributed by atoms with Crippen LogP contribution in [0.4, 0.5) is 14.9 Å². The maximum Gasteiger partial charge on any atom is 0.337 e. The Morgan fingerprint density at radius 2 is 2.10 bits per heavy atom. The van der Waals surface area contributed by atoms with Gasteiger partial charge >= 0.3 is 12.0 Å². The lowest BCUT2D eigenvalue weighted by atomic mass is 10.2. The smallest absolute Gasteiger partial charge is 0.337 e. The van der Waals surface area contributed by atoms with Gasteiger partial charge in [-0.25, -0.2) is 14.0 Å². The molecule has 0 aromatic heterocycles. The number of hydrogen-bond donors (Lipinski definition) is 3. The monoisotopic (exact) mass is 298 g/mol. The van der Waals surface area contributed by atoms with Crippen LogP contribution in [0, 0.1) is 11.7 Å². The molecule has 0 saturated heterocycles. The molecule has 3 N–H and O–H groups in total. The minimum Gasteiger partial charge on any atom is -0.478 e. The number of carbonyl (C=O) groups excluding carboxylic acids is 1. The Kier molecular flexibility index (Phi) is 6.61. The highest BCUT2D eigenvalue weighted by Gasteiger charge is 2.13. The first-order chi connectivity index (χ1) is 9.90. The van der Waals surface area contributed by atoms with Crippen LogP contribution in [0.2, 0.25) is 0 Å². The predicted octanol–water partition coefficient (Wildman–Crippen LogP) is 2.32. The first-order valence-electron chi connectivity index (χ1n) is 6.55. The minimum atomic E-state index is -1.24. The van der Waals surface area contributed by atoms with Crippen LogP contribution < -0.4 is 10.6 Å². The van der Waals surface area contributed by atoms with Gasteiger partial charge in [0.2, 0.25) is 0 Å². The van der Waals surface area contributed by atoms with E-state index < -0.39 is 17.8 Å². The van der Waals surface area contributed by atoms with E-state index in [2.05, 4.69) is 10.6 Å². The predicted molar refractivity (Wildman–Crippen MR) is 76.0 cm³/mol. The van der Waals surface area contributed by atoms with Crippen molar-refractivity contribution in [3.05, 3.63) is 29.6 Å². The zero-order valence-electron chi connectivity index (χ0n) is 12.0. The highest BCUT2D eigenvalue weighted by molar-refractivity contribution is 5.99. The lowest BCUT2D eigenvalue weighted by molar-refractivity contribution is 0.0698. The van der Waals surface area contributed by atoms with E-state index in [4.69, 9.17) is 9.84 Å². The Balaban J connectivity index is 2.47. The molecular weight excluding hydrogens is 279 g/mol. The molecule has 7 heteroatoms. The van der Waals surface area contributed by atoms with E-state index in [1.807, 2.05) is 13.8 Å². The van der Waals surface area contributed by atoms with E-state index in [1.54, 1.807) is 0 Å². The summed E-state index contributed by atoms with van der Waals surface area (Å²) in [6, 6.07) is 2.46. The Morgan fingerprint density at radius 3 is 2.71 bits per heavy atom. The second kappa shape index (κ2) is 8.21. The first kappa shape index (κ1) is 16.9. The lowest BCUT2D eigenvalue weighted by Crippen LogP contribution is -2.32. The number of carboxylic acid groups (broad SMARTS) is 1. The normalized spacial score (nSPS) is 10.5. The Morgan fingerprint density at radius 1 is 1.38 bits per heavy atom. The number of halogens is 1. The molecule has 0 aliphatic rings. The summed E-state index contributed by atoms with van der Waals surface area (Å²) in [6.07, 6.45) is 0. The molecule has 6 nitrogen and oxygen atoms in total. The summed E-state index contributed by atoms with van der Waals surface area (Å²) >= 11 is 0. The third-order valence-electron chi connectivity index (χ3n) is 2.44. The van der Waals surface area contributed by atoms with Gasteiger partial charge in [-0.15, -0.1) is 0 Å². The molecule has 21 heavy (non-hydrogen) atoms. The van der Waals surface area contributed by atoms with Crippen molar-refractivity contribution in [3.8, 4) is 0 Å². The molecular formula is C14H19FN2O4. The van der Waals surface area contributed by atoms with Gasteiger partial charge in [0.25, 0.3) is 0 Å². The number of benzene rings is 1. The molecule has 0 spiro atoms. The van der Waals surface area contributed by atoms with Gasteiger partial charge in [0.05, 0.1) is 17.9 Å². The number of rotatable bonds is 7. The number of carbonyl (C=O) groups is 2. The average molecular weight is 298 g/mol. The fraction of sp³-hybridized carbons (Fsp3) is 0.429. The zero-order valence-corrected chi connectivity index (χ0v) is 12.0. The second-order valence-corrected chi connectivity index (χ2v) is 4.84. The van der Waals surface area contributed by atoms with Crippen molar-refractivity contribution in [2.75, 3.05) is 25.1 Å². The van der Waals surface area contributed by atoms with Crippen molar-refractivity contribution in [1.29, 1.82) is 0 Å². The van der Waals surface area contributed by atoms with Crippen molar-refractivity contribution < 1.29 is 23.8 Å². The van der Waals surface area contributed by atoms with Crippen molar-refractivity contribution in [1.82, 2.24) is 5.32 Å². The summed E-state index contributed by atoms with van der Waals surface area (Å²) in [6.45, 7) is 5.24. The summed E-state index contributed by atoms with van der Waals surface area (Å²) in [5, 5.41) is 13.8. The molecule has 0 atom stereocenters. The van der Waals surface area contributed by atoms with Crippen molar-refractivity contribution in [2.24, 2.45) is 5.92 Å². The number of amides is 2. The average Bonchev–Trinajstić information content (AvgIpc) is 2.37. The third kappa shape index (κ3) is 6.22. The third-order valence-corrected chi connectivity index (χ3v) is 2.44. The van der Waals surface area contributed by atoms with E-state index in [9.17, 15) is 14.0 Å². The van der Waals surface area contributed by atoms with E-state index in [1.165, 1.54) is 0 Å². The number of urea groups is 1. The van der Waals surface area contributed by atoms with Gasteiger partial charge in [0.1, 0.15) is 5.82 Å². The minimum absolute atomic E-state index is 0.0944. The molecule has 0 unspecified atom stereocenters. The van der Waals surface area contributed by atoms with Crippen LogP contribution in [0.3, 0.4) is 0 Å². The second-order valence-electron chi connectivity index (χ2n) is 4.84. The molecule has 116 valence electrons. The Bertz CT molecular complexity index is 506.